The van der Waals surface area contributed by atoms with Crippen molar-refractivity contribution in [2.75, 3.05) is 6.54 Å². The van der Waals surface area contributed by atoms with Crippen LogP contribution < -0.4 is 0 Å². The molecule has 0 fully saturated rings. The Kier molecular flexibility index (Phi) is 4.38. The first-order valence-corrected chi connectivity index (χ1v) is 9.98. The van der Waals surface area contributed by atoms with E-state index in [0.717, 1.165) is 16.9 Å². The highest BCUT2D eigenvalue weighted by Gasteiger charge is 2.39. The van der Waals surface area contributed by atoms with E-state index in [-0.39, 0.29) is 11.5 Å². The van der Waals surface area contributed by atoms with Crippen molar-refractivity contribution in [3.8, 4) is 0 Å². The number of hydrogen-bond acceptors (Lipinski definition) is 5. The molecule has 1 amide bonds. The SMILES string of the molecule is CCc1nc(C(C)F)c(C(=O)N2CCc3[nH]cnc3[C@@H]2c2cc3ccccn3n2)o1. The largest absolute Gasteiger partial charge is 0.435 e. The first-order valence-electron chi connectivity index (χ1n) is 9.98. The summed E-state index contributed by atoms with van der Waals surface area (Å²) in [6.45, 7) is 3.63. The lowest BCUT2D eigenvalue weighted by atomic mass is 9.99. The van der Waals surface area contributed by atoms with Crippen LogP contribution in [0.3, 0.4) is 0 Å². The summed E-state index contributed by atoms with van der Waals surface area (Å²) in [5, 5.41) is 4.67. The van der Waals surface area contributed by atoms with Crippen molar-refractivity contribution in [1.29, 1.82) is 0 Å². The molecule has 30 heavy (non-hydrogen) atoms. The van der Waals surface area contributed by atoms with Gasteiger partial charge in [0.25, 0.3) is 5.91 Å². The highest BCUT2D eigenvalue weighted by Crippen LogP contribution is 2.35. The number of pyridine rings is 1. The summed E-state index contributed by atoms with van der Waals surface area (Å²) in [6.07, 6.45) is 3.16. The van der Waals surface area contributed by atoms with Crippen LogP contribution in [0.2, 0.25) is 0 Å². The average molecular weight is 408 g/mol. The number of carbonyl (C=O) groups excluding carboxylic acids is 1. The molecule has 0 radical (unpaired) electrons. The van der Waals surface area contributed by atoms with Crippen LogP contribution in [0.25, 0.3) is 5.52 Å². The Balaban J connectivity index is 1.62. The Morgan fingerprint density at radius 2 is 2.30 bits per heavy atom. The number of nitrogens with zero attached hydrogens (tertiary/aromatic N) is 5. The van der Waals surface area contributed by atoms with E-state index in [1.807, 2.05) is 37.4 Å². The molecule has 9 heteroatoms. The van der Waals surface area contributed by atoms with Crippen LogP contribution >= 0.6 is 0 Å². The minimum absolute atomic E-state index is 0.0402. The van der Waals surface area contributed by atoms with Crippen LogP contribution in [0.5, 0.6) is 0 Å². The van der Waals surface area contributed by atoms with Gasteiger partial charge in [0.05, 0.1) is 23.2 Å². The van der Waals surface area contributed by atoms with Gasteiger partial charge in [-0.05, 0) is 25.1 Å². The van der Waals surface area contributed by atoms with Gasteiger partial charge < -0.3 is 14.3 Å². The van der Waals surface area contributed by atoms with Crippen molar-refractivity contribution in [3.63, 3.8) is 0 Å². The number of aryl methyl sites for hydroxylation is 1. The van der Waals surface area contributed by atoms with Crippen molar-refractivity contribution in [2.24, 2.45) is 0 Å². The average Bonchev–Trinajstić information content (AvgIpc) is 3.49. The van der Waals surface area contributed by atoms with Crippen molar-refractivity contribution >= 4 is 11.4 Å². The predicted octanol–water partition coefficient (Wildman–Crippen LogP) is 3.43. The molecule has 0 bridgehead atoms. The molecule has 5 heterocycles. The van der Waals surface area contributed by atoms with Crippen molar-refractivity contribution in [2.45, 2.75) is 38.9 Å². The topological polar surface area (TPSA) is 92.3 Å². The third-order valence-electron chi connectivity index (χ3n) is 5.43. The van der Waals surface area contributed by atoms with Gasteiger partial charge in [-0.25, -0.2) is 18.9 Å². The van der Waals surface area contributed by atoms with Gasteiger partial charge in [-0.3, -0.25) is 4.79 Å². The molecule has 1 aliphatic rings. The number of alkyl halides is 1. The van der Waals surface area contributed by atoms with Crippen LogP contribution in [0, 0.1) is 0 Å². The van der Waals surface area contributed by atoms with E-state index in [0.29, 0.717) is 31.0 Å². The van der Waals surface area contributed by atoms with E-state index >= 15 is 0 Å². The second-order valence-electron chi connectivity index (χ2n) is 7.35. The quantitative estimate of drug-likeness (QED) is 0.559. The first kappa shape index (κ1) is 18.5. The number of H-pyrrole nitrogens is 1. The molecule has 0 saturated carbocycles. The minimum Gasteiger partial charge on any atom is -0.435 e. The fourth-order valence-corrected chi connectivity index (χ4v) is 3.97. The van der Waals surface area contributed by atoms with Gasteiger partial charge in [-0.1, -0.05) is 13.0 Å². The molecule has 1 unspecified atom stereocenters. The number of rotatable bonds is 4. The van der Waals surface area contributed by atoms with Gasteiger partial charge in [0, 0.05) is 31.3 Å². The zero-order valence-electron chi connectivity index (χ0n) is 16.7. The first-order chi connectivity index (χ1) is 14.6. The fraction of sp³-hybridized carbons (Fsp3) is 0.333. The van der Waals surface area contributed by atoms with Crippen molar-refractivity contribution in [1.82, 2.24) is 29.5 Å². The second kappa shape index (κ2) is 7.08. The maximum atomic E-state index is 14.2. The predicted molar refractivity (Wildman–Crippen MR) is 106 cm³/mol. The van der Waals surface area contributed by atoms with E-state index in [1.54, 1.807) is 15.7 Å². The molecule has 0 spiro atoms. The molecule has 2 atom stereocenters. The summed E-state index contributed by atoms with van der Waals surface area (Å²) in [7, 11) is 0. The smallest absolute Gasteiger partial charge is 0.292 e. The molecule has 8 nitrogen and oxygen atoms in total. The molecule has 5 rings (SSSR count). The zero-order valence-corrected chi connectivity index (χ0v) is 16.7. The normalized spacial score (nSPS) is 17.3. The highest BCUT2D eigenvalue weighted by molar-refractivity contribution is 5.93. The summed E-state index contributed by atoms with van der Waals surface area (Å²) < 4.78 is 21.6. The molecule has 154 valence electrons. The van der Waals surface area contributed by atoms with Crippen LogP contribution in [-0.4, -0.2) is 41.9 Å². The number of nitrogens with one attached hydrogen (secondary N) is 1. The Bertz CT molecular complexity index is 1190. The van der Waals surface area contributed by atoms with Gasteiger partial charge in [-0.15, -0.1) is 0 Å². The molecule has 4 aromatic heterocycles. The van der Waals surface area contributed by atoms with E-state index in [1.165, 1.54) is 6.92 Å². The number of carbonyl (C=O) groups is 1. The van der Waals surface area contributed by atoms with Gasteiger partial charge >= 0.3 is 0 Å². The Hall–Kier alpha value is -3.49. The zero-order chi connectivity index (χ0) is 20.8. The molecule has 0 aliphatic carbocycles. The molecular weight excluding hydrogens is 387 g/mol. The molecule has 1 aliphatic heterocycles. The lowest BCUT2D eigenvalue weighted by molar-refractivity contribution is 0.0648. The van der Waals surface area contributed by atoms with Gasteiger partial charge in [0.15, 0.2) is 5.89 Å². The van der Waals surface area contributed by atoms with E-state index in [4.69, 9.17) is 4.42 Å². The number of hydrogen-bond donors (Lipinski definition) is 1. The van der Waals surface area contributed by atoms with E-state index in [2.05, 4.69) is 20.1 Å². The highest BCUT2D eigenvalue weighted by atomic mass is 19.1. The van der Waals surface area contributed by atoms with Crippen LogP contribution in [0.4, 0.5) is 4.39 Å². The van der Waals surface area contributed by atoms with E-state index in [9.17, 15) is 9.18 Å². The number of oxazole rings is 1. The summed E-state index contributed by atoms with van der Waals surface area (Å²) in [5.74, 6) is -0.105. The number of imidazole rings is 1. The number of fused-ring (bicyclic) bond motifs is 2. The number of aromatic nitrogens is 5. The van der Waals surface area contributed by atoms with Crippen LogP contribution in [-0.2, 0) is 12.8 Å². The maximum absolute atomic E-state index is 14.2. The number of halogens is 1. The molecule has 1 N–H and O–H groups in total. The monoisotopic (exact) mass is 408 g/mol. The van der Waals surface area contributed by atoms with Crippen LogP contribution in [0.15, 0.2) is 41.2 Å². The van der Waals surface area contributed by atoms with Gasteiger partial charge in [0.2, 0.25) is 5.76 Å². The summed E-state index contributed by atoms with van der Waals surface area (Å²) in [4.78, 5) is 27.0. The van der Waals surface area contributed by atoms with Crippen molar-refractivity contribution < 1.29 is 13.6 Å². The van der Waals surface area contributed by atoms with E-state index < -0.39 is 18.1 Å². The lowest BCUT2D eigenvalue weighted by Gasteiger charge is -2.33. The number of aromatic amines is 1. The molecule has 0 saturated heterocycles. The Morgan fingerprint density at radius 1 is 1.43 bits per heavy atom. The molecule has 4 aromatic rings. The Labute approximate surface area is 171 Å². The van der Waals surface area contributed by atoms with Crippen LogP contribution in [0.1, 0.15) is 65.3 Å². The van der Waals surface area contributed by atoms with Gasteiger partial charge in [-0.2, -0.15) is 5.10 Å². The molecular formula is C21H21FN6O2. The summed E-state index contributed by atoms with van der Waals surface area (Å²) >= 11 is 0. The second-order valence-corrected chi connectivity index (χ2v) is 7.35. The Morgan fingerprint density at radius 3 is 3.07 bits per heavy atom. The third-order valence-corrected chi connectivity index (χ3v) is 5.43. The number of amides is 1. The summed E-state index contributed by atoms with van der Waals surface area (Å²) in [5.41, 5.74) is 3.34. The van der Waals surface area contributed by atoms with Crippen molar-refractivity contribution in [3.05, 3.63) is 71.2 Å². The van der Waals surface area contributed by atoms with Gasteiger partial charge in [0.1, 0.15) is 17.9 Å². The summed E-state index contributed by atoms with van der Waals surface area (Å²) in [6, 6.07) is 7.20. The maximum Gasteiger partial charge on any atom is 0.292 e. The lowest BCUT2D eigenvalue weighted by Crippen LogP contribution is -2.41. The fourth-order valence-electron chi connectivity index (χ4n) is 3.97. The third kappa shape index (κ3) is 2.89. The minimum atomic E-state index is -1.41. The molecule has 0 aromatic carbocycles. The standard InChI is InChI=1S/C21H21FN6O2/c1-3-16-25-17(12(2)22)20(30-16)21(29)27-9-7-14-18(24-11-23-14)19(27)15-10-13-6-4-5-8-28(13)26-15/h4-6,8,10-12,19H,3,7,9H2,1-2H3,(H,23,24)/t12?,19-/m0/s1.